The van der Waals surface area contributed by atoms with Crippen LogP contribution in [0, 0.1) is 0 Å². The number of hydrogen-bond donors (Lipinski definition) is 1. The van der Waals surface area contributed by atoms with Gasteiger partial charge >= 0.3 is 6.09 Å². The van der Waals surface area contributed by atoms with Gasteiger partial charge in [0.1, 0.15) is 0 Å². The van der Waals surface area contributed by atoms with E-state index in [1.807, 2.05) is 18.2 Å². The van der Waals surface area contributed by atoms with Crippen molar-refractivity contribution in [1.29, 1.82) is 0 Å². The molecule has 1 aliphatic rings. The molecule has 1 atom stereocenters. The van der Waals surface area contributed by atoms with E-state index in [1.54, 1.807) is 7.05 Å². The molecule has 0 aliphatic heterocycles. The van der Waals surface area contributed by atoms with E-state index in [2.05, 4.69) is 0 Å². The number of carbonyl (C=O) groups is 1. The lowest BCUT2D eigenvalue weighted by atomic mass is 9.87. The van der Waals surface area contributed by atoms with E-state index in [4.69, 9.17) is 16.7 Å². The molecule has 2 rings (SSSR count). The first-order valence-electron chi connectivity index (χ1n) is 5.33. The third-order valence-electron chi connectivity index (χ3n) is 3.16. The Labute approximate surface area is 99.6 Å². The molecule has 1 unspecified atom stereocenters. The highest BCUT2D eigenvalue weighted by atomic mass is 35.5. The lowest BCUT2D eigenvalue weighted by Crippen LogP contribution is -2.32. The van der Waals surface area contributed by atoms with Crippen LogP contribution in [0.2, 0.25) is 5.02 Å². The minimum absolute atomic E-state index is 0.0556. The average molecular weight is 240 g/mol. The van der Waals surface area contributed by atoms with Gasteiger partial charge in [-0.2, -0.15) is 0 Å². The first kappa shape index (κ1) is 11.3. The Morgan fingerprint density at radius 3 is 3.00 bits per heavy atom. The van der Waals surface area contributed by atoms with Gasteiger partial charge in [0.25, 0.3) is 0 Å². The number of halogens is 1. The average Bonchev–Trinajstić information content (AvgIpc) is 2.27. The lowest BCUT2D eigenvalue weighted by molar-refractivity contribution is 0.133. The quantitative estimate of drug-likeness (QED) is 0.817. The molecule has 0 bridgehead atoms. The first-order valence-corrected chi connectivity index (χ1v) is 5.71. The number of fused-ring (bicyclic) bond motifs is 1. The first-order chi connectivity index (χ1) is 7.59. The Balaban J connectivity index is 2.38. The number of rotatable bonds is 1. The molecule has 1 aliphatic carbocycles. The summed E-state index contributed by atoms with van der Waals surface area (Å²) in [7, 11) is 1.61. The van der Waals surface area contributed by atoms with E-state index in [0.717, 1.165) is 24.8 Å². The summed E-state index contributed by atoms with van der Waals surface area (Å²) in [6.45, 7) is 0. The van der Waals surface area contributed by atoms with Crippen LogP contribution < -0.4 is 0 Å². The summed E-state index contributed by atoms with van der Waals surface area (Å²) in [4.78, 5) is 12.4. The monoisotopic (exact) mass is 239 g/mol. The van der Waals surface area contributed by atoms with Crippen molar-refractivity contribution in [1.82, 2.24) is 4.90 Å². The maximum absolute atomic E-state index is 11.0. The van der Waals surface area contributed by atoms with Crippen molar-refractivity contribution in [3.05, 3.63) is 34.3 Å². The van der Waals surface area contributed by atoms with Gasteiger partial charge in [0, 0.05) is 12.1 Å². The normalized spacial score (nSPS) is 19.0. The van der Waals surface area contributed by atoms with Crippen LogP contribution in [0.5, 0.6) is 0 Å². The Bertz CT molecular complexity index is 419. The number of carboxylic acid groups (broad SMARTS) is 1. The number of hydrogen-bond acceptors (Lipinski definition) is 1. The van der Waals surface area contributed by atoms with E-state index < -0.39 is 6.09 Å². The molecule has 0 radical (unpaired) electrons. The highest BCUT2D eigenvalue weighted by molar-refractivity contribution is 6.30. The van der Waals surface area contributed by atoms with Crippen LogP contribution in [0.25, 0.3) is 0 Å². The summed E-state index contributed by atoms with van der Waals surface area (Å²) in [6.07, 6.45) is 2.02. The van der Waals surface area contributed by atoms with Crippen molar-refractivity contribution < 1.29 is 9.90 Å². The van der Waals surface area contributed by atoms with Crippen LogP contribution in [0.1, 0.15) is 30.0 Å². The molecular formula is C12H14ClNO2. The molecule has 0 saturated carbocycles. The molecule has 4 heteroatoms. The van der Waals surface area contributed by atoms with Gasteiger partial charge in [-0.05, 0) is 42.5 Å². The number of amides is 1. The molecule has 0 fully saturated rings. The molecule has 16 heavy (non-hydrogen) atoms. The Kier molecular flexibility index (Phi) is 3.06. The highest BCUT2D eigenvalue weighted by Gasteiger charge is 2.26. The van der Waals surface area contributed by atoms with Gasteiger partial charge in [-0.25, -0.2) is 4.79 Å². The molecule has 0 spiro atoms. The van der Waals surface area contributed by atoms with Crippen molar-refractivity contribution in [2.24, 2.45) is 0 Å². The highest BCUT2D eigenvalue weighted by Crippen LogP contribution is 2.35. The van der Waals surface area contributed by atoms with E-state index in [9.17, 15) is 4.79 Å². The molecule has 0 aromatic heterocycles. The number of nitrogens with zero attached hydrogens (tertiary/aromatic N) is 1. The summed E-state index contributed by atoms with van der Waals surface area (Å²) in [5.41, 5.74) is 2.28. The Morgan fingerprint density at radius 2 is 2.31 bits per heavy atom. The maximum atomic E-state index is 11.0. The second kappa shape index (κ2) is 4.34. The van der Waals surface area contributed by atoms with Crippen LogP contribution in [0.3, 0.4) is 0 Å². The molecular weight excluding hydrogens is 226 g/mol. The second-order valence-corrected chi connectivity index (χ2v) is 4.58. The fraction of sp³-hybridized carbons (Fsp3) is 0.417. The summed E-state index contributed by atoms with van der Waals surface area (Å²) < 4.78 is 0. The van der Waals surface area contributed by atoms with E-state index in [0.29, 0.717) is 5.02 Å². The minimum Gasteiger partial charge on any atom is -0.465 e. The predicted octanol–water partition coefficient (Wildman–Crippen LogP) is 3.33. The smallest absolute Gasteiger partial charge is 0.407 e. The lowest BCUT2D eigenvalue weighted by Gasteiger charge is -2.31. The van der Waals surface area contributed by atoms with E-state index >= 15 is 0 Å². The molecule has 86 valence electrons. The standard InChI is InChI=1S/C12H14ClNO2/c1-14(12(15)16)11-4-2-3-8-5-6-9(13)7-10(8)11/h5-7,11H,2-4H2,1H3,(H,15,16). The van der Waals surface area contributed by atoms with Gasteiger partial charge in [-0.3, -0.25) is 0 Å². The van der Waals surface area contributed by atoms with Gasteiger partial charge in [0.15, 0.2) is 0 Å². The zero-order chi connectivity index (χ0) is 11.7. The zero-order valence-corrected chi connectivity index (χ0v) is 9.87. The van der Waals surface area contributed by atoms with Crippen LogP contribution in [0.15, 0.2) is 18.2 Å². The topological polar surface area (TPSA) is 40.5 Å². The molecule has 0 saturated heterocycles. The fourth-order valence-corrected chi connectivity index (χ4v) is 2.46. The largest absolute Gasteiger partial charge is 0.465 e. The molecule has 1 aromatic rings. The van der Waals surface area contributed by atoms with E-state index in [1.165, 1.54) is 10.5 Å². The third kappa shape index (κ3) is 2.00. The van der Waals surface area contributed by atoms with Gasteiger partial charge in [-0.15, -0.1) is 0 Å². The second-order valence-electron chi connectivity index (χ2n) is 4.14. The van der Waals surface area contributed by atoms with Gasteiger partial charge in [0.05, 0.1) is 6.04 Å². The molecule has 0 heterocycles. The van der Waals surface area contributed by atoms with Gasteiger partial charge in [0.2, 0.25) is 0 Å². The maximum Gasteiger partial charge on any atom is 0.407 e. The van der Waals surface area contributed by atoms with Crippen molar-refractivity contribution >= 4 is 17.7 Å². The SMILES string of the molecule is CN(C(=O)O)C1CCCc2ccc(Cl)cc21. The van der Waals surface area contributed by atoms with Crippen molar-refractivity contribution in [3.63, 3.8) is 0 Å². The van der Waals surface area contributed by atoms with Crippen molar-refractivity contribution in [3.8, 4) is 0 Å². The van der Waals surface area contributed by atoms with Crippen LogP contribution in [0.4, 0.5) is 4.79 Å². The number of aryl methyl sites for hydroxylation is 1. The summed E-state index contributed by atoms with van der Waals surface area (Å²) in [5, 5.41) is 9.69. The molecule has 3 nitrogen and oxygen atoms in total. The fourth-order valence-electron chi connectivity index (χ4n) is 2.28. The molecule has 1 aromatic carbocycles. The summed E-state index contributed by atoms with van der Waals surface area (Å²) in [6, 6.07) is 5.70. The molecule has 1 amide bonds. The Morgan fingerprint density at radius 1 is 1.56 bits per heavy atom. The Hall–Kier alpha value is -1.22. The molecule has 1 N–H and O–H groups in total. The third-order valence-corrected chi connectivity index (χ3v) is 3.39. The number of benzene rings is 1. The zero-order valence-electron chi connectivity index (χ0n) is 9.11. The van der Waals surface area contributed by atoms with Crippen LogP contribution in [-0.2, 0) is 6.42 Å². The van der Waals surface area contributed by atoms with Gasteiger partial charge in [-0.1, -0.05) is 17.7 Å². The van der Waals surface area contributed by atoms with Crippen molar-refractivity contribution in [2.75, 3.05) is 7.05 Å². The van der Waals surface area contributed by atoms with Crippen LogP contribution >= 0.6 is 11.6 Å². The predicted molar refractivity (Wildman–Crippen MR) is 62.9 cm³/mol. The van der Waals surface area contributed by atoms with Gasteiger partial charge < -0.3 is 10.0 Å². The minimum atomic E-state index is -0.891. The van der Waals surface area contributed by atoms with E-state index in [-0.39, 0.29) is 6.04 Å². The summed E-state index contributed by atoms with van der Waals surface area (Å²) >= 11 is 5.96. The summed E-state index contributed by atoms with van der Waals surface area (Å²) in [5.74, 6) is 0. The van der Waals surface area contributed by atoms with Crippen molar-refractivity contribution in [2.45, 2.75) is 25.3 Å². The van der Waals surface area contributed by atoms with Crippen LogP contribution in [-0.4, -0.2) is 23.1 Å².